The third kappa shape index (κ3) is 7.02. The molecule has 0 fully saturated rings. The van der Waals surface area contributed by atoms with Crippen LogP contribution in [0.4, 0.5) is 13.9 Å². The number of nitrogens with two attached hydrogens (primary N) is 1. The van der Waals surface area contributed by atoms with Gasteiger partial charge in [0.25, 0.3) is 0 Å². The van der Waals surface area contributed by atoms with Crippen LogP contribution in [0.3, 0.4) is 0 Å². The fourth-order valence-corrected chi connectivity index (χ4v) is 5.59. The number of benzene rings is 3. The second-order valence-electron chi connectivity index (χ2n) is 8.58. The predicted molar refractivity (Wildman–Crippen MR) is 153 cm³/mol. The van der Waals surface area contributed by atoms with Crippen molar-refractivity contribution in [3.8, 4) is 5.75 Å². The van der Waals surface area contributed by atoms with Gasteiger partial charge in [-0.1, -0.05) is 60.2 Å². The van der Waals surface area contributed by atoms with Crippen LogP contribution in [0.5, 0.6) is 5.75 Å². The number of nitrogens with zero attached hydrogens (tertiary/aromatic N) is 1. The van der Waals surface area contributed by atoms with E-state index in [9.17, 15) is 8.78 Å². The Morgan fingerprint density at radius 3 is 2.65 bits per heavy atom. The van der Waals surface area contributed by atoms with Gasteiger partial charge in [0.05, 0.1) is 21.8 Å². The number of aromatic nitrogens is 1. The highest BCUT2D eigenvalue weighted by Crippen LogP contribution is 2.35. The minimum atomic E-state index is -0.473. The molecule has 0 aliphatic heterocycles. The molecule has 3 aromatic carbocycles. The van der Waals surface area contributed by atoms with Crippen molar-refractivity contribution in [2.24, 2.45) is 5.92 Å². The normalized spacial score (nSPS) is 17.2. The molecule has 0 radical (unpaired) electrons. The van der Waals surface area contributed by atoms with Crippen LogP contribution in [-0.4, -0.2) is 24.2 Å². The second kappa shape index (κ2) is 12.7. The van der Waals surface area contributed by atoms with Crippen LogP contribution < -0.4 is 15.8 Å². The van der Waals surface area contributed by atoms with Gasteiger partial charge < -0.3 is 15.8 Å². The minimum absolute atomic E-state index is 0.0407. The molecule has 0 amide bonds. The van der Waals surface area contributed by atoms with Crippen molar-refractivity contribution in [2.75, 3.05) is 18.9 Å². The summed E-state index contributed by atoms with van der Waals surface area (Å²) in [7, 11) is 0. The van der Waals surface area contributed by atoms with Crippen LogP contribution in [0.15, 0.2) is 71.6 Å². The number of rotatable bonds is 6. The number of hydrogen-bond donors (Lipinski definition) is 3. The van der Waals surface area contributed by atoms with E-state index < -0.39 is 5.82 Å². The number of thiazole rings is 1. The molecule has 9 heteroatoms. The molecule has 37 heavy (non-hydrogen) atoms. The molecule has 0 spiro atoms. The SMILES string of the molecule is CCNC1CCC=C(c2ccc(F)cc2)C1COc1cc(F)c(S)cc1Cl.Nc1nc2ccccc2s1. The lowest BCUT2D eigenvalue weighted by Crippen LogP contribution is -2.41. The van der Waals surface area contributed by atoms with Crippen molar-refractivity contribution < 1.29 is 13.5 Å². The Balaban J connectivity index is 0.000000265. The quantitative estimate of drug-likeness (QED) is 0.212. The van der Waals surface area contributed by atoms with Crippen molar-refractivity contribution >= 4 is 56.5 Å². The molecular formula is C28H28ClF2N3OS2. The molecule has 3 N–H and O–H groups in total. The standard InChI is InChI=1S/C21H22ClF2NOS.C7H6N2S/c1-2-25-19-5-3-4-15(13-6-8-14(23)9-7-13)16(19)12-26-20-11-18(24)21(27)10-17(20)22;8-7-9-5-3-1-2-4-6(5)10-7/h4,6-11,16,19,25,27H,2-3,5,12H2,1H3;1-4H,(H2,8,9). The second-order valence-corrected chi connectivity index (χ2v) is 10.5. The number of nitrogens with one attached hydrogen (secondary N) is 1. The fraction of sp³-hybridized carbons (Fsp3) is 0.250. The molecule has 4 nitrogen and oxygen atoms in total. The fourth-order valence-electron chi connectivity index (χ4n) is 4.37. The monoisotopic (exact) mass is 559 g/mol. The van der Waals surface area contributed by atoms with Crippen molar-refractivity contribution in [2.45, 2.75) is 30.7 Å². The Bertz CT molecular complexity index is 1340. The molecular weight excluding hydrogens is 532 g/mol. The van der Waals surface area contributed by atoms with Gasteiger partial charge >= 0.3 is 0 Å². The van der Waals surface area contributed by atoms with Gasteiger partial charge in [-0.3, -0.25) is 0 Å². The largest absolute Gasteiger partial charge is 0.491 e. The number of nitrogen functional groups attached to an aromatic ring is 1. The molecule has 2 atom stereocenters. The van der Waals surface area contributed by atoms with Gasteiger partial charge in [0.1, 0.15) is 17.4 Å². The van der Waals surface area contributed by atoms with Crippen LogP contribution in [0.2, 0.25) is 5.02 Å². The third-order valence-electron chi connectivity index (χ3n) is 6.10. The summed E-state index contributed by atoms with van der Waals surface area (Å²) in [6.07, 6.45) is 4.09. The molecule has 194 valence electrons. The Kier molecular flexibility index (Phi) is 9.43. The van der Waals surface area contributed by atoms with E-state index in [2.05, 4.69) is 35.9 Å². The highest BCUT2D eigenvalue weighted by atomic mass is 35.5. The molecule has 1 aliphatic carbocycles. The molecule has 1 aliphatic rings. The lowest BCUT2D eigenvalue weighted by molar-refractivity contribution is 0.236. The van der Waals surface area contributed by atoms with E-state index in [0.29, 0.717) is 22.5 Å². The molecule has 4 aromatic rings. The Morgan fingerprint density at radius 2 is 1.92 bits per heavy atom. The van der Waals surface area contributed by atoms with Crippen molar-refractivity contribution in [3.63, 3.8) is 0 Å². The van der Waals surface area contributed by atoms with Crippen LogP contribution in [0, 0.1) is 17.6 Å². The van der Waals surface area contributed by atoms with E-state index in [-0.39, 0.29) is 22.7 Å². The summed E-state index contributed by atoms with van der Waals surface area (Å²) in [6, 6.07) is 17.3. The van der Waals surface area contributed by atoms with Crippen LogP contribution in [0.1, 0.15) is 25.3 Å². The van der Waals surface area contributed by atoms with Gasteiger partial charge in [-0.2, -0.15) is 0 Å². The van der Waals surface area contributed by atoms with E-state index >= 15 is 0 Å². The van der Waals surface area contributed by atoms with E-state index in [4.69, 9.17) is 22.1 Å². The van der Waals surface area contributed by atoms with Crippen LogP contribution in [0.25, 0.3) is 15.8 Å². The van der Waals surface area contributed by atoms with Crippen LogP contribution >= 0.6 is 35.6 Å². The lowest BCUT2D eigenvalue weighted by Gasteiger charge is -2.33. The first-order valence-electron chi connectivity index (χ1n) is 12.0. The predicted octanol–water partition coefficient (Wildman–Crippen LogP) is 7.64. The summed E-state index contributed by atoms with van der Waals surface area (Å²) < 4.78 is 34.2. The van der Waals surface area contributed by atoms with Gasteiger partial charge in [0.15, 0.2) is 5.13 Å². The van der Waals surface area contributed by atoms with Crippen LogP contribution in [-0.2, 0) is 0 Å². The number of anilines is 1. The van der Waals surface area contributed by atoms with Gasteiger partial charge in [-0.15, -0.1) is 12.6 Å². The van der Waals surface area contributed by atoms with E-state index in [1.165, 1.54) is 35.6 Å². The molecule has 2 unspecified atom stereocenters. The number of para-hydroxylation sites is 1. The summed E-state index contributed by atoms with van der Waals surface area (Å²) in [5, 5.41) is 4.47. The number of ether oxygens (including phenoxy) is 1. The topological polar surface area (TPSA) is 60.2 Å². The summed E-state index contributed by atoms with van der Waals surface area (Å²) in [4.78, 5) is 4.29. The van der Waals surface area contributed by atoms with Crippen molar-refractivity contribution in [1.29, 1.82) is 0 Å². The number of halogens is 3. The first-order valence-corrected chi connectivity index (χ1v) is 13.6. The average molecular weight is 560 g/mol. The average Bonchev–Trinajstić information content (AvgIpc) is 3.27. The Labute approximate surface area is 229 Å². The lowest BCUT2D eigenvalue weighted by atomic mass is 9.80. The number of thiol groups is 1. The Hall–Kier alpha value is -2.65. The van der Waals surface area contributed by atoms with Gasteiger partial charge in [0, 0.05) is 22.9 Å². The summed E-state index contributed by atoms with van der Waals surface area (Å²) in [5.41, 5.74) is 8.56. The smallest absolute Gasteiger partial charge is 0.181 e. The van der Waals surface area contributed by atoms with Gasteiger partial charge in [0.2, 0.25) is 0 Å². The van der Waals surface area contributed by atoms with E-state index in [1.54, 1.807) is 12.1 Å². The zero-order valence-corrected chi connectivity index (χ0v) is 22.7. The van der Waals surface area contributed by atoms with Gasteiger partial charge in [-0.05, 0) is 60.9 Å². The molecule has 0 saturated heterocycles. The maximum absolute atomic E-state index is 13.8. The number of fused-ring (bicyclic) bond motifs is 1. The summed E-state index contributed by atoms with van der Waals surface area (Å²) >= 11 is 11.7. The van der Waals surface area contributed by atoms with E-state index in [1.807, 2.05) is 24.3 Å². The zero-order chi connectivity index (χ0) is 26.4. The molecule has 0 bridgehead atoms. The van der Waals surface area contributed by atoms with Crippen molar-refractivity contribution in [1.82, 2.24) is 10.3 Å². The highest BCUT2D eigenvalue weighted by Gasteiger charge is 2.29. The maximum Gasteiger partial charge on any atom is 0.181 e. The maximum atomic E-state index is 13.8. The first kappa shape index (κ1) is 27.4. The third-order valence-corrected chi connectivity index (χ3v) is 7.60. The summed E-state index contributed by atoms with van der Waals surface area (Å²) in [6.45, 7) is 3.24. The number of hydrogen-bond acceptors (Lipinski definition) is 6. The van der Waals surface area contributed by atoms with Gasteiger partial charge in [-0.25, -0.2) is 13.8 Å². The highest BCUT2D eigenvalue weighted by molar-refractivity contribution is 7.80. The minimum Gasteiger partial charge on any atom is -0.491 e. The number of allylic oxidation sites excluding steroid dienone is 1. The molecule has 1 aromatic heterocycles. The van der Waals surface area contributed by atoms with Crippen molar-refractivity contribution in [3.05, 3.63) is 89.0 Å². The zero-order valence-electron chi connectivity index (χ0n) is 20.3. The molecule has 1 heterocycles. The Morgan fingerprint density at radius 1 is 1.16 bits per heavy atom. The molecule has 0 saturated carbocycles. The van der Waals surface area contributed by atoms with E-state index in [0.717, 1.165) is 40.7 Å². The summed E-state index contributed by atoms with van der Waals surface area (Å²) in [5.74, 6) is -0.399. The first-order chi connectivity index (χ1) is 17.9. The molecule has 5 rings (SSSR count).